The molecule has 0 bridgehead atoms. The molecule has 86 valence electrons. The first-order valence-corrected chi connectivity index (χ1v) is 5.83. The minimum absolute atomic E-state index is 0.442. The van der Waals surface area contributed by atoms with E-state index in [0.29, 0.717) is 0 Å². The third-order valence-corrected chi connectivity index (χ3v) is 3.01. The van der Waals surface area contributed by atoms with Gasteiger partial charge in [-0.05, 0) is 37.0 Å². The molecule has 1 aromatic rings. The Morgan fingerprint density at radius 1 is 1.38 bits per heavy atom. The Morgan fingerprint density at radius 3 is 2.88 bits per heavy atom. The van der Waals surface area contributed by atoms with Crippen molar-refractivity contribution in [2.75, 3.05) is 6.61 Å². The number of rotatable bonds is 4. The molecule has 0 saturated carbocycles. The molecule has 1 aromatic carbocycles. The Bertz CT molecular complexity index is 382. The van der Waals surface area contributed by atoms with Crippen molar-refractivity contribution in [3.05, 3.63) is 47.2 Å². The SMILES string of the molecule is Cc1ccccc1CCC(O)C1=CCCO1. The highest BCUT2D eigenvalue weighted by Gasteiger charge is 2.15. The molecule has 0 radical (unpaired) electrons. The van der Waals surface area contributed by atoms with Gasteiger partial charge in [-0.25, -0.2) is 0 Å². The lowest BCUT2D eigenvalue weighted by molar-refractivity contribution is 0.112. The number of benzene rings is 1. The predicted octanol–water partition coefficient (Wildman–Crippen LogP) is 2.59. The molecule has 0 aromatic heterocycles. The van der Waals surface area contributed by atoms with E-state index in [1.165, 1.54) is 11.1 Å². The van der Waals surface area contributed by atoms with Crippen molar-refractivity contribution >= 4 is 0 Å². The van der Waals surface area contributed by atoms with Crippen molar-refractivity contribution < 1.29 is 9.84 Å². The maximum atomic E-state index is 9.91. The van der Waals surface area contributed by atoms with Crippen molar-refractivity contribution in [1.29, 1.82) is 0 Å². The first-order chi connectivity index (χ1) is 7.77. The van der Waals surface area contributed by atoms with Crippen LogP contribution in [-0.4, -0.2) is 17.8 Å². The maximum absolute atomic E-state index is 9.91. The molecule has 1 N–H and O–H groups in total. The summed E-state index contributed by atoms with van der Waals surface area (Å²) in [5.41, 5.74) is 2.59. The molecule has 1 unspecified atom stereocenters. The average molecular weight is 218 g/mol. The summed E-state index contributed by atoms with van der Waals surface area (Å²) in [5.74, 6) is 0.758. The summed E-state index contributed by atoms with van der Waals surface area (Å²) in [6.45, 7) is 2.82. The van der Waals surface area contributed by atoms with E-state index in [0.717, 1.165) is 31.6 Å². The van der Waals surface area contributed by atoms with Gasteiger partial charge in [-0.1, -0.05) is 24.3 Å². The standard InChI is InChI=1S/C14H18O2/c1-11-5-2-3-6-12(11)8-9-13(15)14-7-4-10-16-14/h2-3,5-7,13,15H,4,8-10H2,1H3. The van der Waals surface area contributed by atoms with Crippen molar-refractivity contribution in [2.24, 2.45) is 0 Å². The molecular formula is C14H18O2. The number of aliphatic hydroxyl groups excluding tert-OH is 1. The first-order valence-electron chi connectivity index (χ1n) is 5.83. The summed E-state index contributed by atoms with van der Waals surface area (Å²) in [6, 6.07) is 8.30. The second-order valence-electron chi connectivity index (χ2n) is 4.22. The van der Waals surface area contributed by atoms with Gasteiger partial charge >= 0.3 is 0 Å². The molecule has 1 atom stereocenters. The van der Waals surface area contributed by atoms with Crippen LogP contribution in [0.1, 0.15) is 24.0 Å². The summed E-state index contributed by atoms with van der Waals surface area (Å²) >= 11 is 0. The smallest absolute Gasteiger partial charge is 0.121 e. The van der Waals surface area contributed by atoms with Crippen LogP contribution >= 0.6 is 0 Å². The molecule has 2 nitrogen and oxygen atoms in total. The third kappa shape index (κ3) is 2.64. The number of aryl methyl sites for hydroxylation is 2. The van der Waals surface area contributed by atoms with Crippen LogP contribution < -0.4 is 0 Å². The minimum atomic E-state index is -0.442. The van der Waals surface area contributed by atoms with E-state index in [-0.39, 0.29) is 0 Å². The van der Waals surface area contributed by atoms with Crippen molar-refractivity contribution in [3.63, 3.8) is 0 Å². The van der Waals surface area contributed by atoms with Gasteiger partial charge in [-0.3, -0.25) is 0 Å². The lowest BCUT2D eigenvalue weighted by Crippen LogP contribution is -2.12. The van der Waals surface area contributed by atoms with E-state index in [9.17, 15) is 5.11 Å². The first kappa shape index (κ1) is 11.2. The molecule has 0 amide bonds. The molecule has 16 heavy (non-hydrogen) atoms. The monoisotopic (exact) mass is 218 g/mol. The Morgan fingerprint density at radius 2 is 2.19 bits per heavy atom. The topological polar surface area (TPSA) is 29.5 Å². The van der Waals surface area contributed by atoms with Crippen LogP contribution in [0.3, 0.4) is 0 Å². The van der Waals surface area contributed by atoms with Gasteiger partial charge in [-0.15, -0.1) is 0 Å². The van der Waals surface area contributed by atoms with Crippen LogP contribution in [0.2, 0.25) is 0 Å². The zero-order valence-corrected chi connectivity index (χ0v) is 9.65. The van der Waals surface area contributed by atoms with Gasteiger partial charge < -0.3 is 9.84 Å². The van der Waals surface area contributed by atoms with Crippen LogP contribution in [0.5, 0.6) is 0 Å². The predicted molar refractivity (Wildman–Crippen MR) is 64.2 cm³/mol. The number of aliphatic hydroxyl groups is 1. The molecule has 0 saturated heterocycles. The number of ether oxygens (including phenoxy) is 1. The normalized spacial score (nSPS) is 16.8. The van der Waals surface area contributed by atoms with E-state index < -0.39 is 6.10 Å². The van der Waals surface area contributed by atoms with E-state index in [1.54, 1.807) is 0 Å². The van der Waals surface area contributed by atoms with Crippen molar-refractivity contribution in [1.82, 2.24) is 0 Å². The molecule has 1 heterocycles. The molecular weight excluding hydrogens is 200 g/mol. The van der Waals surface area contributed by atoms with Gasteiger partial charge in [0.15, 0.2) is 0 Å². The van der Waals surface area contributed by atoms with Gasteiger partial charge in [0.25, 0.3) is 0 Å². The minimum Gasteiger partial charge on any atom is -0.495 e. The zero-order valence-electron chi connectivity index (χ0n) is 9.65. The Hall–Kier alpha value is -1.28. The van der Waals surface area contributed by atoms with Gasteiger partial charge in [0, 0.05) is 6.42 Å². The highest BCUT2D eigenvalue weighted by atomic mass is 16.5. The Kier molecular flexibility index (Phi) is 3.62. The molecule has 0 aliphatic carbocycles. The fraction of sp³-hybridized carbons (Fsp3) is 0.429. The molecule has 1 aliphatic heterocycles. The quantitative estimate of drug-likeness (QED) is 0.841. The molecule has 2 heteroatoms. The molecule has 1 aliphatic rings. The highest BCUT2D eigenvalue weighted by molar-refractivity contribution is 5.25. The van der Waals surface area contributed by atoms with Gasteiger partial charge in [0.2, 0.25) is 0 Å². The lowest BCUT2D eigenvalue weighted by atomic mass is 10.0. The largest absolute Gasteiger partial charge is 0.495 e. The van der Waals surface area contributed by atoms with Crippen LogP contribution in [-0.2, 0) is 11.2 Å². The van der Waals surface area contributed by atoms with Crippen molar-refractivity contribution in [3.8, 4) is 0 Å². The molecule has 2 rings (SSSR count). The fourth-order valence-electron chi connectivity index (χ4n) is 1.99. The van der Waals surface area contributed by atoms with Gasteiger partial charge in [0.05, 0.1) is 6.61 Å². The van der Waals surface area contributed by atoms with Crippen LogP contribution in [0, 0.1) is 6.92 Å². The maximum Gasteiger partial charge on any atom is 0.121 e. The summed E-state index contributed by atoms with van der Waals surface area (Å²) in [4.78, 5) is 0. The second-order valence-corrected chi connectivity index (χ2v) is 4.22. The van der Waals surface area contributed by atoms with E-state index in [1.807, 2.05) is 18.2 Å². The average Bonchev–Trinajstić information content (AvgIpc) is 2.81. The van der Waals surface area contributed by atoms with Crippen LogP contribution in [0.15, 0.2) is 36.1 Å². The summed E-state index contributed by atoms with van der Waals surface area (Å²) < 4.78 is 5.34. The van der Waals surface area contributed by atoms with E-state index in [4.69, 9.17) is 4.74 Å². The molecule has 0 fully saturated rings. The summed E-state index contributed by atoms with van der Waals surface area (Å²) in [6.07, 6.45) is 4.10. The van der Waals surface area contributed by atoms with Crippen molar-refractivity contribution in [2.45, 2.75) is 32.3 Å². The van der Waals surface area contributed by atoms with Crippen LogP contribution in [0.25, 0.3) is 0 Å². The Balaban J connectivity index is 1.90. The fourth-order valence-corrected chi connectivity index (χ4v) is 1.99. The highest BCUT2D eigenvalue weighted by Crippen LogP contribution is 2.18. The second kappa shape index (κ2) is 5.17. The van der Waals surface area contributed by atoms with Crippen LogP contribution in [0.4, 0.5) is 0 Å². The third-order valence-electron chi connectivity index (χ3n) is 3.01. The van der Waals surface area contributed by atoms with Gasteiger partial charge in [-0.2, -0.15) is 0 Å². The lowest BCUT2D eigenvalue weighted by Gasteiger charge is -2.12. The number of hydrogen-bond acceptors (Lipinski definition) is 2. The summed E-state index contributed by atoms with van der Waals surface area (Å²) in [5, 5.41) is 9.91. The van der Waals surface area contributed by atoms with E-state index >= 15 is 0 Å². The number of hydrogen-bond donors (Lipinski definition) is 1. The summed E-state index contributed by atoms with van der Waals surface area (Å²) in [7, 11) is 0. The Labute approximate surface area is 96.6 Å². The van der Waals surface area contributed by atoms with E-state index in [2.05, 4.69) is 19.1 Å². The molecule has 0 spiro atoms. The zero-order chi connectivity index (χ0) is 11.4. The van der Waals surface area contributed by atoms with Gasteiger partial charge in [0.1, 0.15) is 11.9 Å².